The lowest BCUT2D eigenvalue weighted by Crippen LogP contribution is -2.19. The van der Waals surface area contributed by atoms with Gasteiger partial charge in [0.05, 0.1) is 6.33 Å². The monoisotopic (exact) mass is 504 g/mol. The number of benzene rings is 3. The maximum atomic E-state index is 12.2. The molecule has 0 aliphatic rings. The van der Waals surface area contributed by atoms with Gasteiger partial charge in [-0.25, -0.2) is 9.78 Å². The lowest BCUT2D eigenvalue weighted by atomic mass is 10.2. The summed E-state index contributed by atoms with van der Waals surface area (Å²) in [6, 6.07) is 21.3. The van der Waals surface area contributed by atoms with Gasteiger partial charge in [-0.2, -0.15) is 4.98 Å². The van der Waals surface area contributed by atoms with Crippen molar-refractivity contribution in [3.63, 3.8) is 0 Å². The minimum atomic E-state index is -0.350. The van der Waals surface area contributed by atoms with Crippen LogP contribution in [0.15, 0.2) is 89.8 Å². The van der Waals surface area contributed by atoms with E-state index in [4.69, 9.17) is 27.7 Å². The van der Waals surface area contributed by atoms with Crippen LogP contribution in [0.4, 0.5) is 16.2 Å². The quantitative estimate of drug-likeness (QED) is 0.271. The van der Waals surface area contributed by atoms with Gasteiger partial charge in [0.2, 0.25) is 5.82 Å². The topological polar surface area (TPSA) is 97.9 Å². The van der Waals surface area contributed by atoms with Crippen LogP contribution in [0.2, 0.25) is 10.0 Å². The van der Waals surface area contributed by atoms with Gasteiger partial charge in [-0.05, 0) is 60.2 Å². The molecular weight excluding hydrogens is 487 g/mol. The second-order valence-electron chi connectivity index (χ2n) is 7.65. The standard InChI is InChI=1S/C25H18Cl2N6O2/c26-18-8-6-17(7-9-18)23-31-24(35-32-23)22-14-33(15-28-22)13-16-4-10-20(11-5-16)29-25(34)30-21-3-1-2-19(27)12-21/h1-12,14-15H,13H2,(H2,29,30,34). The molecule has 5 aromatic rings. The third-order valence-corrected chi connectivity index (χ3v) is 5.53. The molecule has 2 N–H and O–H groups in total. The Balaban J connectivity index is 1.20. The predicted octanol–water partition coefficient (Wildman–Crippen LogP) is 6.60. The molecule has 5 rings (SSSR count). The van der Waals surface area contributed by atoms with E-state index in [0.717, 1.165) is 11.1 Å². The van der Waals surface area contributed by atoms with Crippen molar-refractivity contribution in [2.24, 2.45) is 0 Å². The number of urea groups is 1. The minimum Gasteiger partial charge on any atom is -0.332 e. The third kappa shape index (κ3) is 5.68. The van der Waals surface area contributed by atoms with E-state index in [2.05, 4.69) is 25.8 Å². The largest absolute Gasteiger partial charge is 0.332 e. The summed E-state index contributed by atoms with van der Waals surface area (Å²) < 4.78 is 7.29. The van der Waals surface area contributed by atoms with Crippen LogP contribution in [0.3, 0.4) is 0 Å². The Bertz CT molecular complexity index is 1460. The van der Waals surface area contributed by atoms with E-state index in [9.17, 15) is 4.79 Å². The number of nitrogens with zero attached hydrogens (tertiary/aromatic N) is 4. The highest BCUT2D eigenvalue weighted by Gasteiger charge is 2.13. The molecule has 0 aliphatic carbocycles. The van der Waals surface area contributed by atoms with Crippen LogP contribution < -0.4 is 10.6 Å². The number of carbonyl (C=O) groups excluding carboxylic acids is 1. The molecular formula is C25H18Cl2N6O2. The summed E-state index contributed by atoms with van der Waals surface area (Å²) in [5.41, 5.74) is 3.69. The fourth-order valence-electron chi connectivity index (χ4n) is 3.36. The first kappa shape index (κ1) is 22.6. The molecule has 0 radical (unpaired) electrons. The highest BCUT2D eigenvalue weighted by atomic mass is 35.5. The summed E-state index contributed by atoms with van der Waals surface area (Å²) >= 11 is 11.9. The molecule has 3 aromatic carbocycles. The van der Waals surface area contributed by atoms with Gasteiger partial charge in [0.1, 0.15) is 5.69 Å². The minimum absolute atomic E-state index is 0.332. The van der Waals surface area contributed by atoms with Gasteiger partial charge < -0.3 is 19.7 Å². The Morgan fingerprint density at radius 1 is 0.914 bits per heavy atom. The Morgan fingerprint density at radius 3 is 2.46 bits per heavy atom. The van der Waals surface area contributed by atoms with Crippen LogP contribution in [-0.4, -0.2) is 25.7 Å². The molecule has 174 valence electrons. The summed E-state index contributed by atoms with van der Waals surface area (Å²) in [6.07, 6.45) is 3.54. The van der Waals surface area contributed by atoms with Crippen LogP contribution >= 0.6 is 23.2 Å². The van der Waals surface area contributed by atoms with Crippen LogP contribution in [0.25, 0.3) is 23.0 Å². The van der Waals surface area contributed by atoms with Gasteiger partial charge >= 0.3 is 6.03 Å². The molecule has 0 saturated heterocycles. The van der Waals surface area contributed by atoms with Crippen molar-refractivity contribution in [1.82, 2.24) is 19.7 Å². The van der Waals surface area contributed by atoms with Gasteiger partial charge in [0.25, 0.3) is 5.89 Å². The molecule has 0 aliphatic heterocycles. The lowest BCUT2D eigenvalue weighted by molar-refractivity contribution is 0.262. The van der Waals surface area contributed by atoms with Gasteiger partial charge in [-0.3, -0.25) is 0 Å². The van der Waals surface area contributed by atoms with E-state index in [-0.39, 0.29) is 6.03 Å². The Kier molecular flexibility index (Phi) is 6.47. The molecule has 2 heterocycles. The van der Waals surface area contributed by atoms with E-state index < -0.39 is 0 Å². The number of aromatic nitrogens is 4. The number of hydrogen-bond donors (Lipinski definition) is 2. The van der Waals surface area contributed by atoms with Crippen molar-refractivity contribution in [2.45, 2.75) is 6.54 Å². The fraction of sp³-hybridized carbons (Fsp3) is 0.0400. The zero-order chi connectivity index (χ0) is 24.2. The molecule has 8 nitrogen and oxygen atoms in total. The average molecular weight is 505 g/mol. The van der Waals surface area contributed by atoms with E-state index in [0.29, 0.717) is 45.4 Å². The number of anilines is 2. The van der Waals surface area contributed by atoms with Crippen molar-refractivity contribution in [2.75, 3.05) is 10.6 Å². The van der Waals surface area contributed by atoms with E-state index in [1.165, 1.54) is 0 Å². The molecule has 2 aromatic heterocycles. The van der Waals surface area contributed by atoms with Crippen molar-refractivity contribution >= 4 is 40.6 Å². The van der Waals surface area contributed by atoms with Crippen molar-refractivity contribution in [3.8, 4) is 23.0 Å². The summed E-state index contributed by atoms with van der Waals surface area (Å²) in [5, 5.41) is 10.8. The molecule has 0 unspecified atom stereocenters. The number of imidazole rings is 1. The molecule has 0 saturated carbocycles. The lowest BCUT2D eigenvalue weighted by Gasteiger charge is -2.09. The van der Waals surface area contributed by atoms with Crippen molar-refractivity contribution in [3.05, 3.63) is 101 Å². The average Bonchev–Trinajstić information content (AvgIpc) is 3.51. The first-order valence-electron chi connectivity index (χ1n) is 10.6. The molecule has 35 heavy (non-hydrogen) atoms. The van der Waals surface area contributed by atoms with E-state index >= 15 is 0 Å². The van der Waals surface area contributed by atoms with E-state index in [1.54, 1.807) is 42.7 Å². The maximum absolute atomic E-state index is 12.2. The highest BCUT2D eigenvalue weighted by Crippen LogP contribution is 2.23. The van der Waals surface area contributed by atoms with Gasteiger partial charge in [-0.1, -0.05) is 46.6 Å². The highest BCUT2D eigenvalue weighted by molar-refractivity contribution is 6.31. The van der Waals surface area contributed by atoms with Crippen molar-refractivity contribution < 1.29 is 9.32 Å². The number of carbonyl (C=O) groups is 1. The maximum Gasteiger partial charge on any atom is 0.323 e. The Morgan fingerprint density at radius 2 is 1.69 bits per heavy atom. The smallest absolute Gasteiger partial charge is 0.323 e. The first-order valence-corrected chi connectivity index (χ1v) is 11.3. The molecule has 0 spiro atoms. The predicted molar refractivity (Wildman–Crippen MR) is 136 cm³/mol. The van der Waals surface area contributed by atoms with Gasteiger partial charge in [0.15, 0.2) is 0 Å². The summed E-state index contributed by atoms with van der Waals surface area (Å²) in [4.78, 5) is 21.0. The summed E-state index contributed by atoms with van der Waals surface area (Å²) in [6.45, 7) is 0.584. The molecule has 2 amide bonds. The summed E-state index contributed by atoms with van der Waals surface area (Å²) in [7, 11) is 0. The molecule has 0 atom stereocenters. The zero-order valence-corrected chi connectivity index (χ0v) is 19.7. The summed E-state index contributed by atoms with van der Waals surface area (Å²) in [5.74, 6) is 0.799. The SMILES string of the molecule is O=C(Nc1ccc(Cn2cnc(-c3nc(-c4ccc(Cl)cc4)no3)c2)cc1)Nc1cccc(Cl)c1. The normalized spacial score (nSPS) is 10.8. The number of halogens is 2. The van der Waals surface area contributed by atoms with Gasteiger partial charge in [0, 0.05) is 39.7 Å². The number of amides is 2. The number of nitrogens with one attached hydrogen (secondary N) is 2. The Labute approximate surface area is 210 Å². The van der Waals surface area contributed by atoms with Crippen LogP contribution in [-0.2, 0) is 6.54 Å². The first-order chi connectivity index (χ1) is 17.0. The zero-order valence-electron chi connectivity index (χ0n) is 18.2. The van der Waals surface area contributed by atoms with Crippen LogP contribution in [0.5, 0.6) is 0 Å². The van der Waals surface area contributed by atoms with Crippen LogP contribution in [0, 0.1) is 0 Å². The van der Waals surface area contributed by atoms with Crippen LogP contribution in [0.1, 0.15) is 5.56 Å². The second kappa shape index (κ2) is 10.0. The third-order valence-electron chi connectivity index (χ3n) is 5.04. The molecule has 0 bridgehead atoms. The number of rotatable bonds is 6. The van der Waals surface area contributed by atoms with Crippen molar-refractivity contribution in [1.29, 1.82) is 0 Å². The van der Waals surface area contributed by atoms with E-state index in [1.807, 2.05) is 47.2 Å². The second-order valence-corrected chi connectivity index (χ2v) is 8.52. The molecule has 10 heteroatoms. The Hall–Kier alpha value is -4.14. The molecule has 0 fully saturated rings. The van der Waals surface area contributed by atoms with Gasteiger partial charge in [-0.15, -0.1) is 0 Å². The number of hydrogen-bond acceptors (Lipinski definition) is 5. The fourth-order valence-corrected chi connectivity index (χ4v) is 3.68.